The lowest BCUT2D eigenvalue weighted by Gasteiger charge is -2.03. The van der Waals surface area contributed by atoms with Gasteiger partial charge in [-0.25, -0.2) is 0 Å². The van der Waals surface area contributed by atoms with Gasteiger partial charge in [0.15, 0.2) is 0 Å². The van der Waals surface area contributed by atoms with Crippen molar-refractivity contribution in [2.75, 3.05) is 6.61 Å². The molecule has 1 aromatic rings. The third-order valence-electron chi connectivity index (χ3n) is 2.10. The van der Waals surface area contributed by atoms with Gasteiger partial charge in [0.2, 0.25) is 0 Å². The third-order valence-corrected chi connectivity index (χ3v) is 2.40. The van der Waals surface area contributed by atoms with Gasteiger partial charge in [-0.3, -0.25) is 0 Å². The number of ether oxygens (including phenoxy) is 1. The van der Waals surface area contributed by atoms with Gasteiger partial charge < -0.3 is 4.74 Å². The zero-order chi connectivity index (χ0) is 10.2. The number of benzene rings is 1. The van der Waals surface area contributed by atoms with E-state index in [1.54, 1.807) is 0 Å². The van der Waals surface area contributed by atoms with Crippen LogP contribution in [0.5, 0.6) is 0 Å². The first kappa shape index (κ1) is 11.6. The zero-order valence-electron chi connectivity index (χ0n) is 8.70. The predicted octanol–water partition coefficient (Wildman–Crippen LogP) is 3.68. The second kappa shape index (κ2) is 6.91. The molecule has 78 valence electrons. The molecule has 0 bridgehead atoms. The Morgan fingerprint density at radius 2 is 1.86 bits per heavy atom. The molecule has 0 spiro atoms. The van der Waals surface area contributed by atoms with Crippen molar-refractivity contribution in [3.05, 3.63) is 29.8 Å². The molecule has 1 aromatic carbocycles. The summed E-state index contributed by atoms with van der Waals surface area (Å²) in [5, 5.41) is 0. The molecule has 0 saturated heterocycles. The van der Waals surface area contributed by atoms with Gasteiger partial charge in [0, 0.05) is 11.5 Å². The monoisotopic (exact) mass is 210 g/mol. The lowest BCUT2D eigenvalue weighted by atomic mass is 10.2. The number of thiol groups is 1. The highest BCUT2D eigenvalue weighted by Crippen LogP contribution is 2.08. The summed E-state index contributed by atoms with van der Waals surface area (Å²) in [5.74, 6) is 0. The Bertz CT molecular complexity index is 243. The van der Waals surface area contributed by atoms with Crippen molar-refractivity contribution < 1.29 is 4.74 Å². The molecule has 1 rings (SSSR count). The van der Waals surface area contributed by atoms with Gasteiger partial charge in [0.1, 0.15) is 0 Å². The molecular formula is C12H18OS. The fourth-order valence-corrected chi connectivity index (χ4v) is 1.39. The van der Waals surface area contributed by atoms with E-state index >= 15 is 0 Å². The van der Waals surface area contributed by atoms with Crippen LogP contribution >= 0.6 is 12.6 Å². The Morgan fingerprint density at radius 1 is 1.14 bits per heavy atom. The lowest BCUT2D eigenvalue weighted by molar-refractivity contribution is 0.117. The Balaban J connectivity index is 2.15. The molecule has 0 N–H and O–H groups in total. The van der Waals surface area contributed by atoms with Gasteiger partial charge >= 0.3 is 0 Å². The van der Waals surface area contributed by atoms with Crippen LogP contribution in [0.3, 0.4) is 0 Å². The molecule has 14 heavy (non-hydrogen) atoms. The van der Waals surface area contributed by atoms with E-state index in [0.717, 1.165) is 18.1 Å². The minimum Gasteiger partial charge on any atom is -0.377 e. The summed E-state index contributed by atoms with van der Waals surface area (Å²) < 4.78 is 5.54. The average Bonchev–Trinajstić information content (AvgIpc) is 2.21. The SMILES string of the molecule is CCCCCOCc1ccc(S)cc1. The summed E-state index contributed by atoms with van der Waals surface area (Å²) in [6, 6.07) is 8.10. The zero-order valence-corrected chi connectivity index (χ0v) is 9.59. The van der Waals surface area contributed by atoms with Crippen LogP contribution in [0, 0.1) is 0 Å². The van der Waals surface area contributed by atoms with Crippen LogP contribution in [0.15, 0.2) is 29.2 Å². The second-order valence-electron chi connectivity index (χ2n) is 3.43. The normalized spacial score (nSPS) is 10.4. The van der Waals surface area contributed by atoms with Crippen LogP contribution in [-0.2, 0) is 11.3 Å². The van der Waals surface area contributed by atoms with E-state index in [1.807, 2.05) is 12.1 Å². The van der Waals surface area contributed by atoms with Gasteiger partial charge in [-0.15, -0.1) is 12.6 Å². The number of unbranched alkanes of at least 4 members (excludes halogenated alkanes) is 2. The van der Waals surface area contributed by atoms with Crippen molar-refractivity contribution in [3.8, 4) is 0 Å². The van der Waals surface area contributed by atoms with Crippen molar-refractivity contribution in [1.29, 1.82) is 0 Å². The summed E-state index contributed by atoms with van der Waals surface area (Å²) in [7, 11) is 0. The standard InChI is InChI=1S/C12H18OS/c1-2-3-4-9-13-10-11-5-7-12(14)8-6-11/h5-8,14H,2-4,9-10H2,1H3. The van der Waals surface area contributed by atoms with Crippen LogP contribution in [-0.4, -0.2) is 6.61 Å². The molecule has 0 aliphatic heterocycles. The molecule has 0 atom stereocenters. The molecule has 0 unspecified atom stereocenters. The van der Waals surface area contributed by atoms with E-state index in [-0.39, 0.29) is 0 Å². The van der Waals surface area contributed by atoms with E-state index in [1.165, 1.54) is 24.8 Å². The van der Waals surface area contributed by atoms with Crippen LogP contribution in [0.25, 0.3) is 0 Å². The van der Waals surface area contributed by atoms with E-state index in [9.17, 15) is 0 Å². The van der Waals surface area contributed by atoms with E-state index in [0.29, 0.717) is 0 Å². The fraction of sp³-hybridized carbons (Fsp3) is 0.500. The Labute approximate surface area is 91.9 Å². The first-order chi connectivity index (χ1) is 6.83. The fourth-order valence-electron chi connectivity index (χ4n) is 1.24. The molecule has 0 aliphatic carbocycles. The van der Waals surface area contributed by atoms with E-state index in [4.69, 9.17) is 4.74 Å². The lowest BCUT2D eigenvalue weighted by Crippen LogP contribution is -1.95. The maximum Gasteiger partial charge on any atom is 0.0716 e. The van der Waals surface area contributed by atoms with Crippen molar-refractivity contribution >= 4 is 12.6 Å². The molecular weight excluding hydrogens is 192 g/mol. The van der Waals surface area contributed by atoms with Crippen LogP contribution in [0.2, 0.25) is 0 Å². The van der Waals surface area contributed by atoms with Crippen molar-refractivity contribution in [1.82, 2.24) is 0 Å². The topological polar surface area (TPSA) is 9.23 Å². The predicted molar refractivity (Wildman–Crippen MR) is 62.9 cm³/mol. The van der Waals surface area contributed by atoms with Crippen molar-refractivity contribution in [2.45, 2.75) is 37.7 Å². The van der Waals surface area contributed by atoms with Crippen molar-refractivity contribution in [2.24, 2.45) is 0 Å². The largest absolute Gasteiger partial charge is 0.377 e. The minimum absolute atomic E-state index is 0.720. The van der Waals surface area contributed by atoms with Gasteiger partial charge in [0.25, 0.3) is 0 Å². The highest BCUT2D eigenvalue weighted by molar-refractivity contribution is 7.80. The number of rotatable bonds is 6. The summed E-state index contributed by atoms with van der Waals surface area (Å²) in [6.45, 7) is 3.79. The molecule has 0 fully saturated rings. The maximum atomic E-state index is 5.54. The Hall–Kier alpha value is -0.470. The third kappa shape index (κ3) is 4.68. The molecule has 0 heterocycles. The van der Waals surface area contributed by atoms with Gasteiger partial charge in [-0.2, -0.15) is 0 Å². The highest BCUT2D eigenvalue weighted by atomic mass is 32.1. The molecule has 0 aromatic heterocycles. The van der Waals surface area contributed by atoms with Gasteiger partial charge in [-0.1, -0.05) is 31.9 Å². The summed E-state index contributed by atoms with van der Waals surface area (Å²) >= 11 is 4.23. The molecule has 0 saturated carbocycles. The molecule has 2 heteroatoms. The summed E-state index contributed by atoms with van der Waals surface area (Å²) in [5.41, 5.74) is 1.22. The molecule has 0 radical (unpaired) electrons. The van der Waals surface area contributed by atoms with Gasteiger partial charge in [-0.05, 0) is 24.1 Å². The Kier molecular flexibility index (Phi) is 5.72. The van der Waals surface area contributed by atoms with Gasteiger partial charge in [0.05, 0.1) is 6.61 Å². The molecule has 0 amide bonds. The quantitative estimate of drug-likeness (QED) is 0.556. The molecule has 1 nitrogen and oxygen atoms in total. The highest BCUT2D eigenvalue weighted by Gasteiger charge is 1.92. The van der Waals surface area contributed by atoms with Crippen LogP contribution < -0.4 is 0 Å². The van der Waals surface area contributed by atoms with E-state index < -0.39 is 0 Å². The van der Waals surface area contributed by atoms with E-state index in [2.05, 4.69) is 31.7 Å². The first-order valence-corrected chi connectivity index (χ1v) is 5.63. The number of hydrogen-bond acceptors (Lipinski definition) is 2. The number of hydrogen-bond donors (Lipinski definition) is 1. The maximum absolute atomic E-state index is 5.54. The second-order valence-corrected chi connectivity index (χ2v) is 3.94. The smallest absolute Gasteiger partial charge is 0.0716 e. The van der Waals surface area contributed by atoms with Crippen molar-refractivity contribution in [3.63, 3.8) is 0 Å². The Morgan fingerprint density at radius 3 is 2.50 bits per heavy atom. The van der Waals surface area contributed by atoms with Crippen LogP contribution in [0.4, 0.5) is 0 Å². The average molecular weight is 210 g/mol. The van der Waals surface area contributed by atoms with Crippen LogP contribution in [0.1, 0.15) is 31.7 Å². The first-order valence-electron chi connectivity index (χ1n) is 5.18. The summed E-state index contributed by atoms with van der Waals surface area (Å²) in [4.78, 5) is 1.000. The minimum atomic E-state index is 0.720. The summed E-state index contributed by atoms with van der Waals surface area (Å²) in [6.07, 6.45) is 3.68. The molecule has 0 aliphatic rings.